The Morgan fingerprint density at radius 1 is 1.03 bits per heavy atom. The number of esters is 1. The van der Waals surface area contributed by atoms with E-state index in [0.717, 1.165) is 4.47 Å². The van der Waals surface area contributed by atoms with Gasteiger partial charge in [0, 0.05) is 10.0 Å². The van der Waals surface area contributed by atoms with Gasteiger partial charge < -0.3 is 9.47 Å². The summed E-state index contributed by atoms with van der Waals surface area (Å²) >= 11 is 3.38. The lowest BCUT2D eigenvalue weighted by Gasteiger charge is -2.09. The van der Waals surface area contributed by atoms with E-state index in [0.29, 0.717) is 28.5 Å². The Morgan fingerprint density at radius 2 is 1.75 bits per heavy atom. The first-order valence-electron chi connectivity index (χ1n) is 10.0. The van der Waals surface area contributed by atoms with E-state index in [1.54, 1.807) is 42.5 Å². The molecule has 1 amide bonds. The minimum absolute atomic E-state index is 0.174. The third-order valence-electron chi connectivity index (χ3n) is 4.49. The predicted molar refractivity (Wildman–Crippen MR) is 127 cm³/mol. The quantitative estimate of drug-likeness (QED) is 0.199. The van der Waals surface area contributed by atoms with Crippen LogP contribution in [0.1, 0.15) is 41.3 Å². The highest BCUT2D eigenvalue weighted by Gasteiger charge is 2.11. The maximum atomic E-state index is 12.3. The molecule has 164 valence electrons. The molecule has 0 unspecified atom stereocenters. The number of carbonyl (C=O) groups excluding carboxylic acids is 2. The van der Waals surface area contributed by atoms with Gasteiger partial charge >= 0.3 is 5.97 Å². The van der Waals surface area contributed by atoms with E-state index in [1.165, 1.54) is 11.8 Å². The van der Waals surface area contributed by atoms with Gasteiger partial charge in [-0.1, -0.05) is 60.1 Å². The number of carbonyl (C=O) groups is 2. The van der Waals surface area contributed by atoms with E-state index in [2.05, 4.69) is 40.3 Å². The molecule has 6 nitrogen and oxygen atoms in total. The van der Waals surface area contributed by atoms with E-state index >= 15 is 0 Å². The molecule has 0 spiro atoms. The zero-order valence-corrected chi connectivity index (χ0v) is 19.3. The van der Waals surface area contributed by atoms with Crippen molar-refractivity contribution in [2.45, 2.75) is 19.8 Å². The molecule has 3 aromatic rings. The van der Waals surface area contributed by atoms with Crippen LogP contribution in [0.4, 0.5) is 0 Å². The molecule has 3 rings (SSSR count). The minimum Gasteiger partial charge on any atom is -0.484 e. The Balaban J connectivity index is 1.57. The summed E-state index contributed by atoms with van der Waals surface area (Å²) in [6.07, 6.45) is 1.41. The molecule has 0 fully saturated rings. The Hall–Kier alpha value is -3.45. The van der Waals surface area contributed by atoms with Gasteiger partial charge in [-0.15, -0.1) is 0 Å². The van der Waals surface area contributed by atoms with Gasteiger partial charge in [-0.2, -0.15) is 5.10 Å². The number of amides is 1. The topological polar surface area (TPSA) is 77.0 Å². The van der Waals surface area contributed by atoms with Crippen molar-refractivity contribution in [3.8, 4) is 11.5 Å². The van der Waals surface area contributed by atoms with E-state index in [4.69, 9.17) is 9.47 Å². The molecule has 0 saturated carbocycles. The van der Waals surface area contributed by atoms with Gasteiger partial charge in [0.1, 0.15) is 11.5 Å². The van der Waals surface area contributed by atoms with E-state index in [-0.39, 0.29) is 6.61 Å². The van der Waals surface area contributed by atoms with Crippen molar-refractivity contribution in [2.24, 2.45) is 5.10 Å². The van der Waals surface area contributed by atoms with E-state index in [1.807, 2.05) is 30.3 Å². The highest BCUT2D eigenvalue weighted by atomic mass is 79.9. The molecule has 0 atom stereocenters. The third kappa shape index (κ3) is 6.78. The fraction of sp³-hybridized carbons (Fsp3) is 0.160. The highest BCUT2D eigenvalue weighted by molar-refractivity contribution is 9.10. The zero-order chi connectivity index (χ0) is 22.9. The molecular formula is C25H23BrN2O4. The Morgan fingerprint density at radius 3 is 2.44 bits per heavy atom. The van der Waals surface area contributed by atoms with Crippen molar-refractivity contribution in [3.63, 3.8) is 0 Å². The highest BCUT2D eigenvalue weighted by Crippen LogP contribution is 2.23. The van der Waals surface area contributed by atoms with Crippen LogP contribution in [-0.2, 0) is 4.79 Å². The number of ether oxygens (including phenoxy) is 2. The SMILES string of the molecule is CC(C)c1ccc(OCC(=O)N/N=C/c2cc(Br)ccc2OC(=O)c2ccccc2)cc1. The van der Waals surface area contributed by atoms with Gasteiger partial charge in [-0.05, 0) is 53.9 Å². The summed E-state index contributed by atoms with van der Waals surface area (Å²) in [7, 11) is 0. The Bertz CT molecular complexity index is 1100. The number of nitrogens with zero attached hydrogens (tertiary/aromatic N) is 1. The first-order chi connectivity index (χ1) is 15.4. The molecule has 7 heteroatoms. The van der Waals surface area contributed by atoms with Crippen LogP contribution in [-0.4, -0.2) is 24.7 Å². The van der Waals surface area contributed by atoms with Crippen LogP contribution in [0, 0.1) is 0 Å². The van der Waals surface area contributed by atoms with Crippen LogP contribution in [0.5, 0.6) is 11.5 Å². The van der Waals surface area contributed by atoms with Gasteiger partial charge in [0.15, 0.2) is 6.61 Å². The monoisotopic (exact) mass is 494 g/mol. The summed E-state index contributed by atoms with van der Waals surface area (Å²) in [5, 5.41) is 3.96. The molecule has 0 heterocycles. The average Bonchev–Trinajstić information content (AvgIpc) is 2.80. The number of benzene rings is 3. The van der Waals surface area contributed by atoms with Crippen LogP contribution in [0.15, 0.2) is 82.4 Å². The zero-order valence-electron chi connectivity index (χ0n) is 17.7. The molecule has 0 aliphatic rings. The molecule has 0 aliphatic heterocycles. The summed E-state index contributed by atoms with van der Waals surface area (Å²) in [5.74, 6) is 0.462. The number of hydrazone groups is 1. The molecule has 3 aromatic carbocycles. The maximum absolute atomic E-state index is 12.3. The standard InChI is InChI=1S/C25H23BrN2O4/c1-17(2)18-8-11-22(12-9-18)31-16-24(29)28-27-15-20-14-21(26)10-13-23(20)32-25(30)19-6-4-3-5-7-19/h3-15,17H,16H2,1-2H3,(H,28,29)/b27-15+. The van der Waals surface area contributed by atoms with Gasteiger partial charge in [-0.25, -0.2) is 10.2 Å². The molecule has 0 aliphatic carbocycles. The fourth-order valence-electron chi connectivity index (χ4n) is 2.75. The third-order valence-corrected chi connectivity index (χ3v) is 4.99. The molecule has 0 radical (unpaired) electrons. The lowest BCUT2D eigenvalue weighted by atomic mass is 10.0. The van der Waals surface area contributed by atoms with Crippen LogP contribution in [0.25, 0.3) is 0 Å². The lowest BCUT2D eigenvalue weighted by Crippen LogP contribution is -2.24. The normalized spacial score (nSPS) is 10.9. The van der Waals surface area contributed by atoms with Gasteiger partial charge in [0.05, 0.1) is 11.8 Å². The Labute approximate surface area is 195 Å². The molecule has 0 bridgehead atoms. The largest absolute Gasteiger partial charge is 0.484 e. The summed E-state index contributed by atoms with van der Waals surface area (Å²) < 4.78 is 11.8. The number of rotatable bonds is 8. The van der Waals surface area contributed by atoms with E-state index < -0.39 is 11.9 Å². The van der Waals surface area contributed by atoms with Crippen LogP contribution in [0.3, 0.4) is 0 Å². The van der Waals surface area contributed by atoms with Crippen molar-refractivity contribution in [2.75, 3.05) is 6.61 Å². The van der Waals surface area contributed by atoms with Crippen molar-refractivity contribution < 1.29 is 19.1 Å². The van der Waals surface area contributed by atoms with Crippen molar-refractivity contribution in [3.05, 3.63) is 94.0 Å². The van der Waals surface area contributed by atoms with Gasteiger partial charge in [0.25, 0.3) is 5.91 Å². The first kappa shape index (κ1) is 23.2. The molecular weight excluding hydrogens is 472 g/mol. The minimum atomic E-state index is -0.483. The fourth-order valence-corrected chi connectivity index (χ4v) is 3.13. The van der Waals surface area contributed by atoms with Crippen molar-refractivity contribution in [1.29, 1.82) is 0 Å². The average molecular weight is 495 g/mol. The Kier molecular flexibility index (Phi) is 8.16. The molecule has 0 aromatic heterocycles. The summed E-state index contributed by atoms with van der Waals surface area (Å²) in [6, 6.07) is 21.4. The second kappa shape index (κ2) is 11.2. The van der Waals surface area contributed by atoms with Crippen molar-refractivity contribution >= 4 is 34.0 Å². The summed E-state index contributed by atoms with van der Waals surface area (Å²) in [5.41, 5.74) is 4.57. The van der Waals surface area contributed by atoms with Crippen molar-refractivity contribution in [1.82, 2.24) is 5.43 Å². The molecule has 0 saturated heterocycles. The number of hydrogen-bond donors (Lipinski definition) is 1. The lowest BCUT2D eigenvalue weighted by molar-refractivity contribution is -0.123. The number of nitrogens with one attached hydrogen (secondary N) is 1. The van der Waals surface area contributed by atoms with Crippen LogP contribution < -0.4 is 14.9 Å². The number of halogens is 1. The summed E-state index contributed by atoms with van der Waals surface area (Å²) in [6.45, 7) is 4.05. The number of hydrogen-bond acceptors (Lipinski definition) is 5. The second-order valence-electron chi connectivity index (χ2n) is 7.24. The predicted octanol–water partition coefficient (Wildman–Crippen LogP) is 5.32. The summed E-state index contributed by atoms with van der Waals surface area (Å²) in [4.78, 5) is 24.4. The van der Waals surface area contributed by atoms with Gasteiger partial charge in [-0.3, -0.25) is 4.79 Å². The van der Waals surface area contributed by atoms with Crippen LogP contribution in [0.2, 0.25) is 0 Å². The van der Waals surface area contributed by atoms with E-state index in [9.17, 15) is 9.59 Å². The molecule has 32 heavy (non-hydrogen) atoms. The smallest absolute Gasteiger partial charge is 0.343 e. The maximum Gasteiger partial charge on any atom is 0.343 e. The molecule has 1 N–H and O–H groups in total. The van der Waals surface area contributed by atoms with Crippen LogP contribution >= 0.6 is 15.9 Å². The second-order valence-corrected chi connectivity index (χ2v) is 8.16. The first-order valence-corrected chi connectivity index (χ1v) is 10.8. The van der Waals surface area contributed by atoms with Gasteiger partial charge in [0.2, 0.25) is 0 Å².